The number of rotatable bonds is 6. The van der Waals surface area contributed by atoms with Crippen molar-refractivity contribution in [3.8, 4) is 0 Å². The van der Waals surface area contributed by atoms with E-state index in [0.29, 0.717) is 32.7 Å². The molecule has 2 fully saturated rings. The quantitative estimate of drug-likeness (QED) is 0.737. The van der Waals surface area contributed by atoms with Gasteiger partial charge in [0.05, 0.1) is 13.2 Å². The van der Waals surface area contributed by atoms with E-state index >= 15 is 0 Å². The number of aryl methyl sites for hydroxylation is 1. The lowest BCUT2D eigenvalue weighted by atomic mass is 10.1. The van der Waals surface area contributed by atoms with Crippen molar-refractivity contribution in [3.63, 3.8) is 0 Å². The second kappa shape index (κ2) is 10.0. The Kier molecular flexibility index (Phi) is 7.44. The maximum absolute atomic E-state index is 13.3. The van der Waals surface area contributed by atoms with Crippen LogP contribution in [0.2, 0.25) is 0 Å². The van der Waals surface area contributed by atoms with Crippen molar-refractivity contribution in [2.24, 2.45) is 5.92 Å². The number of methoxy groups -OCH3 is 1. The molecule has 2 aliphatic rings. The van der Waals surface area contributed by atoms with Crippen molar-refractivity contribution >= 4 is 17.7 Å². The van der Waals surface area contributed by atoms with Crippen molar-refractivity contribution in [2.45, 2.75) is 38.9 Å². The lowest BCUT2D eigenvalue weighted by Gasteiger charge is -2.37. The lowest BCUT2D eigenvalue weighted by Crippen LogP contribution is -2.59. The Bertz CT molecular complexity index is 767. The summed E-state index contributed by atoms with van der Waals surface area (Å²) >= 11 is 0. The van der Waals surface area contributed by atoms with E-state index in [9.17, 15) is 14.4 Å². The number of hydrogen-bond acceptors (Lipinski definition) is 5. The van der Waals surface area contributed by atoms with E-state index in [1.807, 2.05) is 38.1 Å². The second-order valence-electron chi connectivity index (χ2n) is 8.16. The van der Waals surface area contributed by atoms with Crippen LogP contribution < -0.4 is 5.32 Å². The number of nitrogens with zero attached hydrogens (tertiary/aromatic N) is 2. The Morgan fingerprint density at radius 1 is 1.17 bits per heavy atom. The topological polar surface area (TPSA) is 88.2 Å². The predicted molar refractivity (Wildman–Crippen MR) is 111 cm³/mol. The van der Waals surface area contributed by atoms with E-state index in [1.165, 1.54) is 12.0 Å². The van der Waals surface area contributed by atoms with Gasteiger partial charge in [-0.3, -0.25) is 14.4 Å². The van der Waals surface area contributed by atoms with Crippen molar-refractivity contribution in [1.82, 2.24) is 15.1 Å². The summed E-state index contributed by atoms with van der Waals surface area (Å²) in [5.41, 5.74) is 2.17. The molecular formula is C22H31N3O5. The molecule has 8 nitrogen and oxygen atoms in total. The Balaban J connectivity index is 1.67. The van der Waals surface area contributed by atoms with Crippen molar-refractivity contribution in [2.75, 3.05) is 40.0 Å². The molecule has 164 valence electrons. The van der Waals surface area contributed by atoms with Crippen molar-refractivity contribution in [3.05, 3.63) is 35.4 Å². The Hall–Kier alpha value is -2.45. The lowest BCUT2D eigenvalue weighted by molar-refractivity contribution is -0.157. The number of carbonyl (C=O) groups excluding carboxylic acids is 3. The number of likely N-dealkylation sites (tertiary alicyclic amines) is 1. The van der Waals surface area contributed by atoms with Gasteiger partial charge < -0.3 is 24.6 Å². The average Bonchev–Trinajstić information content (AvgIpc) is 3.14. The largest absolute Gasteiger partial charge is 0.377 e. The molecule has 3 unspecified atom stereocenters. The van der Waals surface area contributed by atoms with Gasteiger partial charge in [-0.25, -0.2) is 0 Å². The number of benzene rings is 1. The molecule has 0 aliphatic carbocycles. The number of hydrogen-bond donors (Lipinski definition) is 1. The molecule has 0 saturated carbocycles. The van der Waals surface area contributed by atoms with E-state index in [2.05, 4.69) is 5.32 Å². The predicted octanol–water partition coefficient (Wildman–Crippen LogP) is 0.722. The molecule has 3 rings (SSSR count). The molecule has 2 aliphatic heterocycles. The molecular weight excluding hydrogens is 386 g/mol. The second-order valence-corrected chi connectivity index (χ2v) is 8.16. The van der Waals surface area contributed by atoms with Crippen LogP contribution in [0.3, 0.4) is 0 Å². The summed E-state index contributed by atoms with van der Waals surface area (Å²) in [6, 6.07) is 6.70. The zero-order valence-electron chi connectivity index (χ0n) is 17.9. The smallest absolute Gasteiger partial charge is 0.249 e. The third-order valence-corrected chi connectivity index (χ3v) is 5.68. The number of nitrogens with one attached hydrogen (secondary N) is 1. The summed E-state index contributed by atoms with van der Waals surface area (Å²) in [4.78, 5) is 41.7. The van der Waals surface area contributed by atoms with Crippen LogP contribution in [0.15, 0.2) is 24.3 Å². The van der Waals surface area contributed by atoms with Crippen LogP contribution >= 0.6 is 0 Å². The molecule has 0 aromatic heterocycles. The highest BCUT2D eigenvalue weighted by Gasteiger charge is 2.43. The summed E-state index contributed by atoms with van der Waals surface area (Å²) in [7, 11) is 1.45. The first-order valence-corrected chi connectivity index (χ1v) is 10.4. The summed E-state index contributed by atoms with van der Waals surface area (Å²) in [6.45, 7) is 5.72. The molecule has 1 N–H and O–H groups in total. The molecule has 0 radical (unpaired) electrons. The van der Waals surface area contributed by atoms with Crippen LogP contribution in [0.4, 0.5) is 0 Å². The Morgan fingerprint density at radius 2 is 1.90 bits per heavy atom. The zero-order chi connectivity index (χ0) is 21.7. The fourth-order valence-electron chi connectivity index (χ4n) is 4.06. The molecule has 3 atom stereocenters. The van der Waals surface area contributed by atoms with E-state index in [0.717, 1.165) is 11.1 Å². The monoisotopic (exact) mass is 417 g/mol. The Labute approximate surface area is 177 Å². The maximum Gasteiger partial charge on any atom is 0.249 e. The summed E-state index contributed by atoms with van der Waals surface area (Å²) in [5, 5.41) is 2.96. The molecule has 0 bridgehead atoms. The minimum Gasteiger partial charge on any atom is -0.377 e. The van der Waals surface area contributed by atoms with Gasteiger partial charge in [-0.05, 0) is 24.8 Å². The minimum atomic E-state index is -0.723. The van der Waals surface area contributed by atoms with Crippen LogP contribution in [0.5, 0.6) is 0 Å². The third kappa shape index (κ3) is 5.17. The van der Waals surface area contributed by atoms with Crippen LogP contribution in [0.1, 0.15) is 24.5 Å². The average molecular weight is 418 g/mol. The van der Waals surface area contributed by atoms with Gasteiger partial charge in [0.2, 0.25) is 17.7 Å². The molecule has 1 aromatic carbocycles. The van der Waals surface area contributed by atoms with E-state index < -0.39 is 12.1 Å². The highest BCUT2D eigenvalue weighted by molar-refractivity contribution is 5.93. The van der Waals surface area contributed by atoms with Crippen molar-refractivity contribution < 1.29 is 23.9 Å². The van der Waals surface area contributed by atoms with E-state index in [-0.39, 0.29) is 36.9 Å². The summed E-state index contributed by atoms with van der Waals surface area (Å²) < 4.78 is 10.4. The molecule has 8 heteroatoms. The SMILES string of the molecule is COCC(=O)N1CCOCC1C(=O)N1CC(C)CC1C(=O)NCc1ccc(C)cc1. The molecule has 2 heterocycles. The maximum atomic E-state index is 13.3. The van der Waals surface area contributed by atoms with Crippen LogP contribution in [-0.2, 0) is 30.4 Å². The Morgan fingerprint density at radius 3 is 2.60 bits per heavy atom. The summed E-state index contributed by atoms with van der Waals surface area (Å²) in [6.07, 6.45) is 0.602. The number of ether oxygens (including phenoxy) is 2. The molecule has 2 saturated heterocycles. The molecule has 3 amide bonds. The molecule has 30 heavy (non-hydrogen) atoms. The van der Waals surface area contributed by atoms with Gasteiger partial charge in [-0.1, -0.05) is 36.8 Å². The fourth-order valence-corrected chi connectivity index (χ4v) is 4.06. The number of amides is 3. The number of morpholine rings is 1. The van der Waals surface area contributed by atoms with E-state index in [4.69, 9.17) is 9.47 Å². The van der Waals surface area contributed by atoms with Crippen molar-refractivity contribution in [1.29, 1.82) is 0 Å². The summed E-state index contributed by atoms with van der Waals surface area (Å²) in [5.74, 6) is -0.442. The van der Waals surface area contributed by atoms with Gasteiger partial charge in [0, 0.05) is 26.7 Å². The highest BCUT2D eigenvalue weighted by Crippen LogP contribution is 2.25. The van der Waals surface area contributed by atoms with E-state index in [1.54, 1.807) is 4.90 Å². The number of carbonyl (C=O) groups is 3. The highest BCUT2D eigenvalue weighted by atomic mass is 16.5. The van der Waals surface area contributed by atoms with Gasteiger partial charge in [0.1, 0.15) is 18.7 Å². The third-order valence-electron chi connectivity index (χ3n) is 5.68. The van der Waals surface area contributed by atoms with Crippen LogP contribution in [0, 0.1) is 12.8 Å². The van der Waals surface area contributed by atoms with Gasteiger partial charge in [-0.15, -0.1) is 0 Å². The van der Waals surface area contributed by atoms with Gasteiger partial charge in [0.25, 0.3) is 0 Å². The minimum absolute atomic E-state index is 0.0827. The fraction of sp³-hybridized carbons (Fsp3) is 0.591. The molecule has 1 aromatic rings. The van der Waals surface area contributed by atoms with Gasteiger partial charge >= 0.3 is 0 Å². The first-order valence-electron chi connectivity index (χ1n) is 10.4. The normalized spacial score (nSPS) is 24.0. The van der Waals surface area contributed by atoms with Crippen LogP contribution in [-0.4, -0.2) is 79.6 Å². The van der Waals surface area contributed by atoms with Gasteiger partial charge in [-0.2, -0.15) is 0 Å². The zero-order valence-corrected chi connectivity index (χ0v) is 17.9. The first kappa shape index (κ1) is 22.2. The standard InChI is InChI=1S/C22H31N3O5/c1-15-4-6-17(7-5-15)11-23-21(27)18-10-16(2)12-25(18)22(28)19-13-30-9-8-24(19)20(26)14-29-3/h4-7,16,18-19H,8-14H2,1-3H3,(H,23,27). The molecule has 0 spiro atoms. The first-order chi connectivity index (χ1) is 14.4. The van der Waals surface area contributed by atoms with Crippen LogP contribution in [0.25, 0.3) is 0 Å². The van der Waals surface area contributed by atoms with Gasteiger partial charge in [0.15, 0.2) is 0 Å².